The first kappa shape index (κ1) is 10.7. The molecule has 4 nitrogen and oxygen atoms in total. The summed E-state index contributed by atoms with van der Waals surface area (Å²) in [5, 5.41) is -0.793. The Bertz CT molecular complexity index is 169. The summed E-state index contributed by atoms with van der Waals surface area (Å²) >= 11 is -2.42. The molecule has 0 aliphatic heterocycles. The van der Waals surface area contributed by atoms with Crippen LogP contribution in [0.1, 0.15) is 20.3 Å². The van der Waals surface area contributed by atoms with E-state index < -0.39 is 22.2 Å². The number of rotatable bonds is 3. The van der Waals surface area contributed by atoms with E-state index in [4.69, 9.17) is 10.3 Å². The van der Waals surface area contributed by atoms with Gasteiger partial charge in [0.15, 0.2) is 0 Å². The Kier molecular flexibility index (Phi) is 4.48. The Balaban J connectivity index is 3.93. The summed E-state index contributed by atoms with van der Waals surface area (Å²) in [5.74, 6) is 0.262. The molecule has 0 saturated carbocycles. The lowest BCUT2D eigenvalue weighted by Crippen LogP contribution is -2.34. The highest BCUT2D eigenvalue weighted by atomic mass is 32.2. The van der Waals surface area contributed by atoms with Crippen LogP contribution in [0, 0.1) is 5.92 Å². The van der Waals surface area contributed by atoms with Crippen LogP contribution in [0.25, 0.3) is 0 Å². The Labute approximate surface area is 68.4 Å². The average molecular weight is 179 g/mol. The summed E-state index contributed by atoms with van der Waals surface area (Å²) in [4.78, 5) is 10.7. The monoisotopic (exact) mass is 179 g/mol. The number of hydrogen-bond acceptors (Lipinski definition) is 3. The van der Waals surface area contributed by atoms with Crippen molar-refractivity contribution in [1.29, 1.82) is 0 Å². The van der Waals surface area contributed by atoms with E-state index in [9.17, 15) is 9.00 Å². The predicted molar refractivity (Wildman–Crippen MR) is 43.2 cm³/mol. The van der Waals surface area contributed by atoms with Crippen LogP contribution in [-0.4, -0.2) is 19.9 Å². The largest absolute Gasteiger partial charge is 0.321 e. The second kappa shape index (κ2) is 4.58. The van der Waals surface area contributed by atoms with Crippen LogP contribution in [0.5, 0.6) is 0 Å². The average Bonchev–Trinajstić information content (AvgIpc) is 1.84. The molecule has 0 bridgehead atoms. The molecule has 0 rings (SSSR count). The SMILES string of the molecule is CC(C)C[C@@H](N)C(=O)S(=O)O. The molecule has 0 heterocycles. The van der Waals surface area contributed by atoms with Gasteiger partial charge in [-0.05, 0) is 12.3 Å². The van der Waals surface area contributed by atoms with Gasteiger partial charge in [-0.2, -0.15) is 0 Å². The zero-order valence-electron chi connectivity index (χ0n) is 6.61. The van der Waals surface area contributed by atoms with Crippen molar-refractivity contribution < 1.29 is 13.6 Å². The first-order chi connectivity index (χ1) is 4.95. The van der Waals surface area contributed by atoms with Gasteiger partial charge in [-0.1, -0.05) is 13.8 Å². The lowest BCUT2D eigenvalue weighted by Gasteiger charge is -2.09. The van der Waals surface area contributed by atoms with Gasteiger partial charge < -0.3 is 5.73 Å². The Morgan fingerprint density at radius 1 is 1.64 bits per heavy atom. The third-order valence-corrected chi connectivity index (χ3v) is 1.85. The lowest BCUT2D eigenvalue weighted by molar-refractivity contribution is -0.113. The molecule has 66 valence electrons. The van der Waals surface area contributed by atoms with Crippen molar-refractivity contribution in [3.63, 3.8) is 0 Å². The molecule has 0 aromatic heterocycles. The van der Waals surface area contributed by atoms with E-state index in [0.29, 0.717) is 6.42 Å². The molecule has 11 heavy (non-hydrogen) atoms. The minimum atomic E-state index is -2.42. The normalized spacial score (nSPS) is 16.5. The third-order valence-electron chi connectivity index (χ3n) is 1.20. The van der Waals surface area contributed by atoms with Crippen molar-refractivity contribution in [2.24, 2.45) is 11.7 Å². The molecular formula is C6H13NO3S. The second-order valence-electron chi connectivity index (χ2n) is 2.80. The Hall–Kier alpha value is -0.260. The van der Waals surface area contributed by atoms with E-state index >= 15 is 0 Å². The minimum absolute atomic E-state index is 0.262. The first-order valence-electron chi connectivity index (χ1n) is 3.35. The van der Waals surface area contributed by atoms with Gasteiger partial charge in [-0.15, -0.1) is 0 Å². The smallest absolute Gasteiger partial charge is 0.262 e. The van der Waals surface area contributed by atoms with E-state index in [1.165, 1.54) is 0 Å². The standard InChI is InChI=1S/C6H13NO3S/c1-4(2)3-5(7)6(8)11(9)10/h4-5H,3,7H2,1-2H3,(H,9,10)/t5-/m1/s1. The van der Waals surface area contributed by atoms with Crippen molar-refractivity contribution in [3.8, 4) is 0 Å². The maximum absolute atomic E-state index is 10.7. The molecule has 5 heteroatoms. The maximum atomic E-state index is 10.7. The fraction of sp³-hybridized carbons (Fsp3) is 0.833. The van der Waals surface area contributed by atoms with Crippen molar-refractivity contribution in [3.05, 3.63) is 0 Å². The highest BCUT2D eigenvalue weighted by Crippen LogP contribution is 2.03. The Morgan fingerprint density at radius 2 is 2.09 bits per heavy atom. The van der Waals surface area contributed by atoms with Gasteiger partial charge in [0.25, 0.3) is 5.12 Å². The number of carbonyl (C=O) groups is 1. The van der Waals surface area contributed by atoms with E-state index in [0.717, 1.165) is 0 Å². The van der Waals surface area contributed by atoms with Gasteiger partial charge in [0.05, 0.1) is 6.04 Å². The third kappa shape index (κ3) is 4.23. The molecule has 0 aliphatic carbocycles. The fourth-order valence-corrected chi connectivity index (χ4v) is 1.09. The molecular weight excluding hydrogens is 166 g/mol. The highest BCUT2D eigenvalue weighted by molar-refractivity contribution is 7.95. The van der Waals surface area contributed by atoms with Crippen LogP contribution in [0.15, 0.2) is 0 Å². The molecule has 1 unspecified atom stereocenters. The molecule has 0 spiro atoms. The highest BCUT2D eigenvalue weighted by Gasteiger charge is 2.19. The van der Waals surface area contributed by atoms with Gasteiger partial charge >= 0.3 is 0 Å². The summed E-state index contributed by atoms with van der Waals surface area (Å²) in [6.45, 7) is 3.79. The van der Waals surface area contributed by atoms with E-state index in [1.54, 1.807) is 0 Å². The van der Waals surface area contributed by atoms with Crippen LogP contribution in [0.2, 0.25) is 0 Å². The summed E-state index contributed by atoms with van der Waals surface area (Å²) in [6, 6.07) is -0.805. The minimum Gasteiger partial charge on any atom is -0.321 e. The molecule has 0 amide bonds. The number of carbonyl (C=O) groups excluding carboxylic acids is 1. The summed E-state index contributed by atoms with van der Waals surface area (Å²) in [7, 11) is 0. The topological polar surface area (TPSA) is 80.4 Å². The molecule has 3 N–H and O–H groups in total. The van der Waals surface area contributed by atoms with Gasteiger partial charge in [-0.3, -0.25) is 9.35 Å². The van der Waals surface area contributed by atoms with Crippen molar-refractivity contribution >= 4 is 16.2 Å². The summed E-state index contributed by atoms with van der Waals surface area (Å²) < 4.78 is 18.6. The molecule has 0 aliphatic rings. The van der Waals surface area contributed by atoms with E-state index in [2.05, 4.69) is 0 Å². The van der Waals surface area contributed by atoms with Gasteiger partial charge in [0.2, 0.25) is 11.1 Å². The lowest BCUT2D eigenvalue weighted by atomic mass is 10.1. The maximum Gasteiger partial charge on any atom is 0.262 e. The van der Waals surface area contributed by atoms with Crippen LogP contribution in [0.3, 0.4) is 0 Å². The molecule has 0 radical (unpaired) electrons. The van der Waals surface area contributed by atoms with E-state index in [-0.39, 0.29) is 5.92 Å². The van der Waals surface area contributed by atoms with Crippen LogP contribution in [-0.2, 0) is 15.9 Å². The van der Waals surface area contributed by atoms with Crippen molar-refractivity contribution in [2.75, 3.05) is 0 Å². The van der Waals surface area contributed by atoms with Gasteiger partial charge in [0, 0.05) is 0 Å². The Morgan fingerprint density at radius 3 is 2.36 bits per heavy atom. The van der Waals surface area contributed by atoms with Crippen LogP contribution >= 0.6 is 0 Å². The van der Waals surface area contributed by atoms with Crippen LogP contribution < -0.4 is 5.73 Å². The molecule has 0 saturated heterocycles. The van der Waals surface area contributed by atoms with Gasteiger partial charge in [-0.25, -0.2) is 4.21 Å². The van der Waals surface area contributed by atoms with Crippen LogP contribution in [0.4, 0.5) is 0 Å². The molecule has 0 aromatic rings. The number of nitrogens with two attached hydrogens (primary N) is 1. The second-order valence-corrected chi connectivity index (χ2v) is 3.70. The summed E-state index contributed by atoms with van der Waals surface area (Å²) in [5.41, 5.74) is 5.32. The predicted octanol–water partition coefficient (Wildman–Crippen LogP) is 0.108. The quantitative estimate of drug-likeness (QED) is 0.602. The summed E-state index contributed by atoms with van der Waals surface area (Å²) in [6.07, 6.45) is 0.450. The zero-order valence-corrected chi connectivity index (χ0v) is 7.43. The molecule has 0 fully saturated rings. The number of hydrogen-bond donors (Lipinski definition) is 2. The van der Waals surface area contributed by atoms with E-state index in [1.807, 2.05) is 13.8 Å². The van der Waals surface area contributed by atoms with Crippen molar-refractivity contribution in [1.82, 2.24) is 0 Å². The first-order valence-corrected chi connectivity index (χ1v) is 4.46. The molecule has 0 aromatic carbocycles. The zero-order chi connectivity index (χ0) is 9.02. The fourth-order valence-electron chi connectivity index (χ4n) is 0.734. The molecule has 2 atom stereocenters. The van der Waals surface area contributed by atoms with Gasteiger partial charge in [0.1, 0.15) is 0 Å². The van der Waals surface area contributed by atoms with Crippen molar-refractivity contribution in [2.45, 2.75) is 26.3 Å².